The zero-order valence-electron chi connectivity index (χ0n) is 12.9. The van der Waals surface area contributed by atoms with Gasteiger partial charge in [0.1, 0.15) is 0 Å². The average Bonchev–Trinajstić information content (AvgIpc) is 3.28. The third-order valence-corrected chi connectivity index (χ3v) is 5.34. The van der Waals surface area contributed by atoms with Gasteiger partial charge in [-0.1, -0.05) is 18.2 Å². The second-order valence-electron chi connectivity index (χ2n) is 5.72. The van der Waals surface area contributed by atoms with Crippen molar-refractivity contribution in [2.75, 3.05) is 27.3 Å². The summed E-state index contributed by atoms with van der Waals surface area (Å²) in [6.07, 6.45) is 2.68. The maximum atomic E-state index is 5.28. The Morgan fingerprint density at radius 1 is 1.33 bits per heavy atom. The highest BCUT2D eigenvalue weighted by atomic mass is 32.1. The van der Waals surface area contributed by atoms with Crippen LogP contribution in [0.25, 0.3) is 10.1 Å². The van der Waals surface area contributed by atoms with Crippen molar-refractivity contribution in [1.82, 2.24) is 10.2 Å². The van der Waals surface area contributed by atoms with Gasteiger partial charge >= 0.3 is 0 Å². The highest BCUT2D eigenvalue weighted by molar-refractivity contribution is 7.19. The minimum absolute atomic E-state index is 0.765. The molecule has 1 aliphatic rings. The molecule has 0 unspecified atom stereocenters. The van der Waals surface area contributed by atoms with Crippen molar-refractivity contribution in [2.45, 2.75) is 32.0 Å². The summed E-state index contributed by atoms with van der Waals surface area (Å²) < 4.78 is 6.69. The van der Waals surface area contributed by atoms with Crippen molar-refractivity contribution >= 4 is 21.4 Å². The van der Waals surface area contributed by atoms with Crippen molar-refractivity contribution in [3.05, 3.63) is 34.7 Å². The van der Waals surface area contributed by atoms with E-state index in [-0.39, 0.29) is 0 Å². The van der Waals surface area contributed by atoms with Gasteiger partial charge in [0, 0.05) is 42.4 Å². The zero-order chi connectivity index (χ0) is 14.7. The highest BCUT2D eigenvalue weighted by Gasteiger charge is 2.29. The molecule has 2 aromatic rings. The van der Waals surface area contributed by atoms with E-state index < -0.39 is 0 Å². The Balaban J connectivity index is 1.87. The Hall–Kier alpha value is -0.940. The molecule has 21 heavy (non-hydrogen) atoms. The maximum Gasteiger partial charge on any atom is 0.0589 e. The topological polar surface area (TPSA) is 24.5 Å². The van der Waals surface area contributed by atoms with Gasteiger partial charge in [-0.25, -0.2) is 0 Å². The van der Waals surface area contributed by atoms with Gasteiger partial charge in [-0.3, -0.25) is 4.90 Å². The predicted octanol–water partition coefficient (Wildman–Crippen LogP) is 3.23. The van der Waals surface area contributed by atoms with Gasteiger partial charge in [0.05, 0.1) is 6.61 Å². The summed E-state index contributed by atoms with van der Waals surface area (Å²) in [5.74, 6) is 0. The average molecular weight is 304 g/mol. The largest absolute Gasteiger partial charge is 0.383 e. The molecule has 1 fully saturated rings. The van der Waals surface area contributed by atoms with Crippen LogP contribution in [-0.4, -0.2) is 38.3 Å². The lowest BCUT2D eigenvalue weighted by Gasteiger charge is -2.22. The van der Waals surface area contributed by atoms with E-state index in [2.05, 4.69) is 34.5 Å². The second kappa shape index (κ2) is 6.88. The molecule has 1 aliphatic carbocycles. The van der Waals surface area contributed by atoms with Crippen LogP contribution in [0, 0.1) is 0 Å². The van der Waals surface area contributed by atoms with Gasteiger partial charge in [-0.05, 0) is 36.9 Å². The van der Waals surface area contributed by atoms with Crippen molar-refractivity contribution in [3.8, 4) is 0 Å². The van der Waals surface area contributed by atoms with Crippen LogP contribution >= 0.6 is 11.3 Å². The molecule has 0 radical (unpaired) electrons. The van der Waals surface area contributed by atoms with Gasteiger partial charge in [0.25, 0.3) is 0 Å². The summed E-state index contributed by atoms with van der Waals surface area (Å²) in [5.41, 5.74) is 1.51. The molecule has 0 atom stereocenters. The molecule has 1 heterocycles. The van der Waals surface area contributed by atoms with Crippen molar-refractivity contribution in [1.29, 1.82) is 0 Å². The lowest BCUT2D eigenvalue weighted by Crippen LogP contribution is -2.29. The Labute approximate surface area is 130 Å². The van der Waals surface area contributed by atoms with Gasteiger partial charge in [0.15, 0.2) is 0 Å². The zero-order valence-corrected chi connectivity index (χ0v) is 13.7. The van der Waals surface area contributed by atoms with Gasteiger partial charge in [-0.15, -0.1) is 11.3 Å². The van der Waals surface area contributed by atoms with E-state index in [0.717, 1.165) is 32.3 Å². The normalized spacial score (nSPS) is 15.2. The first-order valence-electron chi connectivity index (χ1n) is 7.70. The first kappa shape index (κ1) is 15.0. The SMILES string of the molecule is CNCc1sc2ccccc2c1CN(CCOC)C1CC1. The fraction of sp³-hybridized carbons (Fsp3) is 0.529. The van der Waals surface area contributed by atoms with Crippen LogP contribution in [0.3, 0.4) is 0 Å². The number of methoxy groups -OCH3 is 1. The molecule has 0 spiro atoms. The van der Waals surface area contributed by atoms with Crippen LogP contribution in [0.2, 0.25) is 0 Å². The number of nitrogens with one attached hydrogen (secondary N) is 1. The molecule has 3 rings (SSSR count). The number of benzene rings is 1. The molecule has 3 nitrogen and oxygen atoms in total. The van der Waals surface area contributed by atoms with Gasteiger partial charge in [-0.2, -0.15) is 0 Å². The van der Waals surface area contributed by atoms with Crippen LogP contribution in [-0.2, 0) is 17.8 Å². The van der Waals surface area contributed by atoms with Crippen LogP contribution in [0.15, 0.2) is 24.3 Å². The number of hydrogen-bond acceptors (Lipinski definition) is 4. The molecule has 114 valence electrons. The number of fused-ring (bicyclic) bond motifs is 1. The minimum atomic E-state index is 0.765. The van der Waals surface area contributed by atoms with E-state index >= 15 is 0 Å². The fourth-order valence-electron chi connectivity index (χ4n) is 2.87. The Bertz CT molecular complexity index is 591. The van der Waals surface area contributed by atoms with Crippen LogP contribution in [0.1, 0.15) is 23.3 Å². The lowest BCUT2D eigenvalue weighted by atomic mass is 10.1. The van der Waals surface area contributed by atoms with E-state index in [1.807, 2.05) is 18.4 Å². The van der Waals surface area contributed by atoms with E-state index in [4.69, 9.17) is 4.74 Å². The maximum absolute atomic E-state index is 5.28. The standard InChI is InChI=1S/C17H24N2OS/c1-18-11-17-15(14-5-3-4-6-16(14)21-17)12-19(9-10-20-2)13-7-8-13/h3-6,13,18H,7-12H2,1-2H3. The van der Waals surface area contributed by atoms with E-state index in [1.165, 1.54) is 33.4 Å². The van der Waals surface area contributed by atoms with Crippen molar-refractivity contribution in [3.63, 3.8) is 0 Å². The highest BCUT2D eigenvalue weighted by Crippen LogP contribution is 2.35. The number of ether oxygens (including phenoxy) is 1. The molecule has 0 amide bonds. The van der Waals surface area contributed by atoms with E-state index in [1.54, 1.807) is 7.11 Å². The predicted molar refractivity (Wildman–Crippen MR) is 89.9 cm³/mol. The number of rotatable bonds is 8. The third-order valence-electron chi connectivity index (χ3n) is 4.13. The van der Waals surface area contributed by atoms with E-state index in [9.17, 15) is 0 Å². The second-order valence-corrected chi connectivity index (χ2v) is 6.86. The Morgan fingerprint density at radius 3 is 2.86 bits per heavy atom. The lowest BCUT2D eigenvalue weighted by molar-refractivity contribution is 0.140. The van der Waals surface area contributed by atoms with Gasteiger partial charge in [0.2, 0.25) is 0 Å². The van der Waals surface area contributed by atoms with Gasteiger partial charge < -0.3 is 10.1 Å². The molecule has 1 aromatic carbocycles. The summed E-state index contributed by atoms with van der Waals surface area (Å²) in [4.78, 5) is 4.07. The van der Waals surface area contributed by atoms with Crippen molar-refractivity contribution in [2.24, 2.45) is 0 Å². The molecular weight excluding hydrogens is 280 g/mol. The summed E-state index contributed by atoms with van der Waals surface area (Å²) in [5, 5.41) is 4.74. The molecular formula is C17H24N2OS. The van der Waals surface area contributed by atoms with E-state index in [0.29, 0.717) is 0 Å². The minimum Gasteiger partial charge on any atom is -0.383 e. The summed E-state index contributed by atoms with van der Waals surface area (Å²) in [6.45, 7) is 3.86. The quantitative estimate of drug-likeness (QED) is 0.810. The van der Waals surface area contributed by atoms with Crippen LogP contribution in [0.4, 0.5) is 0 Å². The Morgan fingerprint density at radius 2 is 2.14 bits per heavy atom. The number of hydrogen-bond donors (Lipinski definition) is 1. The third kappa shape index (κ3) is 3.46. The molecule has 0 aliphatic heterocycles. The molecule has 0 bridgehead atoms. The number of thiophene rings is 1. The summed E-state index contributed by atoms with van der Waals surface area (Å²) in [7, 11) is 3.81. The first-order valence-corrected chi connectivity index (χ1v) is 8.52. The molecule has 4 heteroatoms. The smallest absolute Gasteiger partial charge is 0.0589 e. The van der Waals surface area contributed by atoms with Crippen LogP contribution < -0.4 is 5.32 Å². The summed E-state index contributed by atoms with van der Waals surface area (Å²) >= 11 is 1.93. The molecule has 1 saturated carbocycles. The molecule has 1 aromatic heterocycles. The Kier molecular flexibility index (Phi) is 4.91. The molecule has 1 N–H and O–H groups in total. The number of nitrogens with zero attached hydrogens (tertiary/aromatic N) is 1. The first-order chi connectivity index (χ1) is 10.3. The monoisotopic (exact) mass is 304 g/mol. The molecule has 0 saturated heterocycles. The fourth-order valence-corrected chi connectivity index (χ4v) is 4.10. The van der Waals surface area contributed by atoms with Crippen molar-refractivity contribution < 1.29 is 4.74 Å². The van der Waals surface area contributed by atoms with Crippen LogP contribution in [0.5, 0.6) is 0 Å². The summed E-state index contributed by atoms with van der Waals surface area (Å²) in [6, 6.07) is 9.55.